The van der Waals surface area contributed by atoms with E-state index in [9.17, 15) is 4.79 Å². The summed E-state index contributed by atoms with van der Waals surface area (Å²) in [5.74, 6) is 0.288. The summed E-state index contributed by atoms with van der Waals surface area (Å²) < 4.78 is 0. The molecule has 0 aromatic carbocycles. The Balaban J connectivity index is 2.30. The highest BCUT2D eigenvalue weighted by atomic mass is 16.4. The predicted molar refractivity (Wildman–Crippen MR) is 44.0 cm³/mol. The van der Waals surface area contributed by atoms with Crippen molar-refractivity contribution in [2.24, 2.45) is 5.92 Å². The molecule has 0 aromatic rings. The van der Waals surface area contributed by atoms with Crippen LogP contribution in [-0.4, -0.2) is 29.0 Å². The molecule has 0 bridgehead atoms. The van der Waals surface area contributed by atoms with E-state index in [-0.39, 0.29) is 18.6 Å². The summed E-state index contributed by atoms with van der Waals surface area (Å²) in [6, 6.07) is 0.0494. The van der Waals surface area contributed by atoms with Gasteiger partial charge in [0, 0.05) is 12.6 Å². The second-order valence-electron chi connectivity index (χ2n) is 3.36. The van der Waals surface area contributed by atoms with Gasteiger partial charge in [0.25, 0.3) is 0 Å². The lowest BCUT2D eigenvalue weighted by atomic mass is 9.86. The van der Waals surface area contributed by atoms with Crippen molar-refractivity contribution in [2.45, 2.75) is 31.7 Å². The van der Waals surface area contributed by atoms with Crippen LogP contribution in [-0.2, 0) is 0 Å². The van der Waals surface area contributed by atoms with Crippen LogP contribution in [0.25, 0.3) is 0 Å². The molecule has 3 N–H and O–H groups in total. The minimum absolute atomic E-state index is 0.0494. The fourth-order valence-electron chi connectivity index (χ4n) is 1.76. The topological polar surface area (TPSA) is 69.6 Å². The van der Waals surface area contributed by atoms with Crippen LogP contribution in [0.4, 0.5) is 4.79 Å². The van der Waals surface area contributed by atoms with Gasteiger partial charge >= 0.3 is 6.09 Å². The van der Waals surface area contributed by atoms with Gasteiger partial charge in [-0.1, -0.05) is 6.42 Å². The first-order valence-corrected chi connectivity index (χ1v) is 4.32. The normalized spacial score (nSPS) is 29.8. The lowest BCUT2D eigenvalue weighted by Gasteiger charge is -2.27. The van der Waals surface area contributed by atoms with Crippen molar-refractivity contribution in [2.75, 3.05) is 6.61 Å². The molecule has 1 saturated carbocycles. The number of hydrogen-bond acceptors (Lipinski definition) is 2. The van der Waals surface area contributed by atoms with Gasteiger partial charge in [-0.3, -0.25) is 0 Å². The van der Waals surface area contributed by atoms with E-state index < -0.39 is 6.09 Å². The van der Waals surface area contributed by atoms with Crippen molar-refractivity contribution < 1.29 is 15.0 Å². The van der Waals surface area contributed by atoms with E-state index in [2.05, 4.69) is 5.32 Å². The molecular formula is C8H15NO3. The third kappa shape index (κ3) is 2.70. The maximum absolute atomic E-state index is 10.3. The molecule has 0 saturated heterocycles. The molecule has 1 unspecified atom stereocenters. The van der Waals surface area contributed by atoms with Crippen LogP contribution in [0.1, 0.15) is 25.7 Å². The minimum Gasteiger partial charge on any atom is -0.465 e. The van der Waals surface area contributed by atoms with Gasteiger partial charge in [0.15, 0.2) is 0 Å². The van der Waals surface area contributed by atoms with Crippen molar-refractivity contribution in [3.63, 3.8) is 0 Å². The van der Waals surface area contributed by atoms with Crippen LogP contribution in [0, 0.1) is 5.92 Å². The van der Waals surface area contributed by atoms with E-state index in [1.54, 1.807) is 0 Å². The van der Waals surface area contributed by atoms with Crippen molar-refractivity contribution in [1.29, 1.82) is 0 Å². The summed E-state index contributed by atoms with van der Waals surface area (Å²) in [6.45, 7) is 0.178. The zero-order valence-electron chi connectivity index (χ0n) is 6.99. The molecule has 1 aliphatic carbocycles. The summed E-state index contributed by atoms with van der Waals surface area (Å²) in [7, 11) is 0. The van der Waals surface area contributed by atoms with Crippen LogP contribution in [0.3, 0.4) is 0 Å². The maximum atomic E-state index is 10.3. The van der Waals surface area contributed by atoms with Crippen molar-refractivity contribution >= 4 is 6.09 Å². The Morgan fingerprint density at radius 2 is 2.25 bits per heavy atom. The Labute approximate surface area is 71.6 Å². The molecule has 1 fully saturated rings. The molecule has 70 valence electrons. The van der Waals surface area contributed by atoms with Gasteiger partial charge in [0.05, 0.1) is 0 Å². The molecule has 4 heteroatoms. The van der Waals surface area contributed by atoms with E-state index in [1.807, 2.05) is 0 Å². The van der Waals surface area contributed by atoms with E-state index in [4.69, 9.17) is 10.2 Å². The first-order chi connectivity index (χ1) is 5.72. The van der Waals surface area contributed by atoms with Crippen LogP contribution in [0.2, 0.25) is 0 Å². The number of carboxylic acid groups (broad SMARTS) is 1. The lowest BCUT2D eigenvalue weighted by molar-refractivity contribution is 0.157. The summed E-state index contributed by atoms with van der Waals surface area (Å²) in [5, 5.41) is 19.8. The largest absolute Gasteiger partial charge is 0.465 e. The average molecular weight is 173 g/mol. The van der Waals surface area contributed by atoms with Gasteiger partial charge in [-0.05, 0) is 25.2 Å². The average Bonchev–Trinajstić information content (AvgIpc) is 2.03. The molecule has 1 aliphatic rings. The smallest absolute Gasteiger partial charge is 0.404 e. The molecule has 1 amide bonds. The SMILES string of the molecule is O=C(O)NC1CCC[C@H](CO)C1. The summed E-state index contributed by atoms with van der Waals surface area (Å²) in [6.07, 6.45) is 2.76. The number of nitrogens with one attached hydrogen (secondary N) is 1. The highest BCUT2D eigenvalue weighted by molar-refractivity contribution is 5.64. The number of rotatable bonds is 2. The second kappa shape index (κ2) is 4.30. The Bertz CT molecular complexity index is 160. The molecule has 4 nitrogen and oxygen atoms in total. The quantitative estimate of drug-likeness (QED) is 0.578. The molecule has 2 atom stereocenters. The monoisotopic (exact) mass is 173 g/mol. The van der Waals surface area contributed by atoms with Gasteiger partial charge in [-0.25, -0.2) is 4.79 Å². The number of carbonyl (C=O) groups is 1. The lowest BCUT2D eigenvalue weighted by Crippen LogP contribution is -2.38. The van der Waals surface area contributed by atoms with Crippen LogP contribution in [0.15, 0.2) is 0 Å². The van der Waals surface area contributed by atoms with Crippen LogP contribution >= 0.6 is 0 Å². The number of aliphatic hydroxyl groups is 1. The van der Waals surface area contributed by atoms with Crippen LogP contribution < -0.4 is 5.32 Å². The Hall–Kier alpha value is -0.770. The van der Waals surface area contributed by atoms with E-state index in [0.29, 0.717) is 0 Å². The molecule has 0 aromatic heterocycles. The maximum Gasteiger partial charge on any atom is 0.404 e. The molecule has 0 spiro atoms. The van der Waals surface area contributed by atoms with Gasteiger partial charge in [-0.2, -0.15) is 0 Å². The molecule has 1 rings (SSSR count). The van der Waals surface area contributed by atoms with E-state index in [0.717, 1.165) is 25.7 Å². The standard InChI is InChI=1S/C8H15NO3/c10-5-6-2-1-3-7(4-6)9-8(11)12/h6-7,9-10H,1-5H2,(H,11,12)/t6-,7?/m0/s1. The number of hydrogen-bond donors (Lipinski definition) is 3. The number of amides is 1. The summed E-state index contributed by atoms with van der Waals surface area (Å²) in [4.78, 5) is 10.3. The number of aliphatic hydroxyl groups excluding tert-OH is 1. The third-order valence-corrected chi connectivity index (χ3v) is 2.37. The fraction of sp³-hybridized carbons (Fsp3) is 0.875. The molecule has 0 aliphatic heterocycles. The highest BCUT2D eigenvalue weighted by Gasteiger charge is 2.22. The molecular weight excluding hydrogens is 158 g/mol. The third-order valence-electron chi connectivity index (χ3n) is 2.37. The minimum atomic E-state index is -0.960. The Morgan fingerprint density at radius 3 is 2.83 bits per heavy atom. The molecule has 0 radical (unpaired) electrons. The van der Waals surface area contributed by atoms with Crippen molar-refractivity contribution in [3.05, 3.63) is 0 Å². The Morgan fingerprint density at radius 1 is 1.50 bits per heavy atom. The van der Waals surface area contributed by atoms with E-state index >= 15 is 0 Å². The Kier molecular flexibility index (Phi) is 3.34. The van der Waals surface area contributed by atoms with Gasteiger partial charge in [-0.15, -0.1) is 0 Å². The fourth-order valence-corrected chi connectivity index (χ4v) is 1.76. The second-order valence-corrected chi connectivity index (χ2v) is 3.36. The summed E-state index contributed by atoms with van der Waals surface area (Å²) >= 11 is 0. The predicted octanol–water partition coefficient (Wildman–Crippen LogP) is 0.805. The van der Waals surface area contributed by atoms with Gasteiger partial charge < -0.3 is 15.5 Å². The van der Waals surface area contributed by atoms with Crippen molar-refractivity contribution in [3.8, 4) is 0 Å². The first-order valence-electron chi connectivity index (χ1n) is 4.32. The highest BCUT2D eigenvalue weighted by Crippen LogP contribution is 2.23. The first kappa shape index (κ1) is 9.32. The van der Waals surface area contributed by atoms with E-state index in [1.165, 1.54) is 0 Å². The van der Waals surface area contributed by atoms with Crippen molar-refractivity contribution in [1.82, 2.24) is 5.32 Å². The molecule has 12 heavy (non-hydrogen) atoms. The summed E-state index contributed by atoms with van der Waals surface area (Å²) in [5.41, 5.74) is 0. The van der Waals surface area contributed by atoms with Gasteiger partial charge in [0.1, 0.15) is 0 Å². The molecule has 0 heterocycles. The van der Waals surface area contributed by atoms with Crippen LogP contribution in [0.5, 0.6) is 0 Å². The van der Waals surface area contributed by atoms with Gasteiger partial charge in [0.2, 0.25) is 0 Å². The zero-order valence-corrected chi connectivity index (χ0v) is 6.99. The zero-order chi connectivity index (χ0) is 8.97.